The molecule has 2 aromatic carbocycles. The molecule has 0 saturated carbocycles. The molecule has 0 unspecified atom stereocenters. The van der Waals surface area contributed by atoms with Crippen LogP contribution >= 0.6 is 0 Å². The highest BCUT2D eigenvalue weighted by Crippen LogP contribution is 2.45. The molecule has 0 heterocycles. The minimum atomic E-state index is -3.26. The zero-order chi connectivity index (χ0) is 19.8. The van der Waals surface area contributed by atoms with E-state index in [2.05, 4.69) is 0 Å². The molecule has 0 aromatic heterocycles. The quantitative estimate of drug-likeness (QED) is 0.842. The maximum absolute atomic E-state index is 14.3. The van der Waals surface area contributed by atoms with E-state index in [0.29, 0.717) is 6.42 Å². The molecule has 3 rings (SSSR count). The summed E-state index contributed by atoms with van der Waals surface area (Å²) in [5, 5.41) is 9.42. The predicted octanol–water partition coefficient (Wildman–Crippen LogP) is 3.95. The van der Waals surface area contributed by atoms with E-state index in [1.54, 1.807) is 30.3 Å². The van der Waals surface area contributed by atoms with E-state index in [1.165, 1.54) is 13.2 Å². The second-order valence-corrected chi connectivity index (χ2v) is 8.52. The second kappa shape index (κ2) is 7.29. The molecule has 1 N–H and O–H groups in total. The van der Waals surface area contributed by atoms with E-state index in [9.17, 15) is 17.9 Å². The summed E-state index contributed by atoms with van der Waals surface area (Å²) in [7, 11) is -1.84. The van der Waals surface area contributed by atoms with Gasteiger partial charge in [-0.1, -0.05) is 12.1 Å². The Kier molecular flexibility index (Phi) is 5.22. The minimum absolute atomic E-state index is 0.0118. The topological polar surface area (TPSA) is 63.6 Å². The predicted molar refractivity (Wildman–Crippen MR) is 105 cm³/mol. The lowest BCUT2D eigenvalue weighted by Crippen LogP contribution is -1.96. The van der Waals surface area contributed by atoms with E-state index in [1.807, 2.05) is 13.0 Å². The van der Waals surface area contributed by atoms with Gasteiger partial charge >= 0.3 is 0 Å². The molecule has 2 aromatic rings. The molecule has 0 aliphatic heterocycles. The average Bonchev–Trinajstić information content (AvgIpc) is 2.86. The van der Waals surface area contributed by atoms with Gasteiger partial charge in [0.1, 0.15) is 0 Å². The number of ether oxygens (including phenoxy) is 1. The molecule has 27 heavy (non-hydrogen) atoms. The lowest BCUT2D eigenvalue weighted by molar-refractivity contribution is 0.305. The van der Waals surface area contributed by atoms with Crippen molar-refractivity contribution in [2.24, 2.45) is 0 Å². The van der Waals surface area contributed by atoms with Crippen LogP contribution in [0.3, 0.4) is 0 Å². The molecule has 0 saturated heterocycles. The molecule has 0 spiro atoms. The molecule has 6 heteroatoms. The number of sulfone groups is 1. The molecular weight excluding hydrogens is 367 g/mol. The van der Waals surface area contributed by atoms with Crippen LogP contribution in [-0.4, -0.2) is 33.5 Å². The Hall–Kier alpha value is -2.44. The number of benzene rings is 2. The van der Waals surface area contributed by atoms with Crippen LogP contribution in [-0.2, 0) is 9.84 Å². The summed E-state index contributed by atoms with van der Waals surface area (Å²) in [6, 6.07) is 9.66. The largest absolute Gasteiger partial charge is 0.494 e. The van der Waals surface area contributed by atoms with Crippen molar-refractivity contribution < 1.29 is 22.7 Å². The first kappa shape index (κ1) is 19.3. The van der Waals surface area contributed by atoms with Gasteiger partial charge in [-0.25, -0.2) is 12.8 Å². The molecule has 1 aliphatic carbocycles. The summed E-state index contributed by atoms with van der Waals surface area (Å²) in [6.45, 7) is 1.92. The first-order valence-corrected chi connectivity index (χ1v) is 10.4. The average molecular weight is 388 g/mol. The zero-order valence-corrected chi connectivity index (χ0v) is 16.2. The van der Waals surface area contributed by atoms with Crippen LogP contribution in [0.5, 0.6) is 5.75 Å². The minimum Gasteiger partial charge on any atom is -0.494 e. The molecule has 142 valence electrons. The number of hydrogen-bond donors (Lipinski definition) is 1. The van der Waals surface area contributed by atoms with Crippen molar-refractivity contribution in [2.45, 2.75) is 18.2 Å². The highest BCUT2D eigenvalue weighted by Gasteiger charge is 2.25. The molecule has 0 bridgehead atoms. The van der Waals surface area contributed by atoms with Gasteiger partial charge in [0.15, 0.2) is 21.4 Å². The zero-order valence-electron chi connectivity index (χ0n) is 15.4. The third-order valence-electron chi connectivity index (χ3n) is 4.74. The van der Waals surface area contributed by atoms with Crippen LogP contribution in [0.4, 0.5) is 4.39 Å². The fourth-order valence-electron chi connectivity index (χ4n) is 3.35. The van der Waals surface area contributed by atoms with Crippen LogP contribution in [0.2, 0.25) is 0 Å². The van der Waals surface area contributed by atoms with E-state index in [-0.39, 0.29) is 17.3 Å². The van der Waals surface area contributed by atoms with Crippen LogP contribution in [0.25, 0.3) is 17.2 Å². The Balaban J connectivity index is 2.13. The summed E-state index contributed by atoms with van der Waals surface area (Å²) in [6.07, 6.45) is 3.52. The van der Waals surface area contributed by atoms with Crippen molar-refractivity contribution in [3.8, 4) is 5.75 Å². The number of rotatable bonds is 5. The molecule has 0 fully saturated rings. The Morgan fingerprint density at radius 2 is 1.81 bits per heavy atom. The number of halogens is 1. The van der Waals surface area contributed by atoms with Crippen molar-refractivity contribution in [3.63, 3.8) is 0 Å². The number of aliphatic hydroxyl groups is 1. The molecule has 1 aliphatic rings. The van der Waals surface area contributed by atoms with Crippen LogP contribution in [0, 0.1) is 5.82 Å². The van der Waals surface area contributed by atoms with Crippen LogP contribution in [0.1, 0.15) is 30.0 Å². The SMILES string of the molecule is COc1cc2c(cc1F)C(=Cc1ccc(S(C)(=O)=O)cc1)C(C)=C2CCO. The molecule has 0 radical (unpaired) electrons. The summed E-state index contributed by atoms with van der Waals surface area (Å²) in [5.74, 6) is -0.289. The van der Waals surface area contributed by atoms with Crippen molar-refractivity contribution >= 4 is 27.1 Å². The van der Waals surface area contributed by atoms with Gasteiger partial charge in [0.25, 0.3) is 0 Å². The van der Waals surface area contributed by atoms with Gasteiger partial charge in [-0.05, 0) is 77.1 Å². The van der Waals surface area contributed by atoms with Crippen molar-refractivity contribution in [2.75, 3.05) is 20.0 Å². The first-order chi connectivity index (χ1) is 12.8. The summed E-state index contributed by atoms with van der Waals surface area (Å²) < 4.78 is 42.6. The van der Waals surface area contributed by atoms with Crippen molar-refractivity contribution in [3.05, 3.63) is 64.5 Å². The summed E-state index contributed by atoms with van der Waals surface area (Å²) in [5.41, 5.74) is 5.15. The first-order valence-electron chi connectivity index (χ1n) is 8.47. The molecule has 0 atom stereocenters. The number of fused-ring (bicyclic) bond motifs is 1. The fourth-order valence-corrected chi connectivity index (χ4v) is 3.98. The summed E-state index contributed by atoms with van der Waals surface area (Å²) in [4.78, 5) is 0.250. The van der Waals surface area contributed by atoms with Gasteiger partial charge in [0.2, 0.25) is 0 Å². The third kappa shape index (κ3) is 3.68. The third-order valence-corrected chi connectivity index (χ3v) is 5.87. The molecule has 4 nitrogen and oxygen atoms in total. The van der Waals surface area contributed by atoms with Gasteiger partial charge < -0.3 is 9.84 Å². The number of hydrogen-bond acceptors (Lipinski definition) is 4. The van der Waals surface area contributed by atoms with Gasteiger partial charge in [0.05, 0.1) is 12.0 Å². The lowest BCUT2D eigenvalue weighted by Gasteiger charge is -2.09. The Morgan fingerprint density at radius 3 is 2.37 bits per heavy atom. The number of methoxy groups -OCH3 is 1. The van der Waals surface area contributed by atoms with Crippen LogP contribution in [0.15, 0.2) is 46.9 Å². The molecule has 0 amide bonds. The van der Waals surface area contributed by atoms with Crippen LogP contribution < -0.4 is 4.74 Å². The normalized spacial score (nSPS) is 15.4. The maximum Gasteiger partial charge on any atom is 0.175 e. The monoisotopic (exact) mass is 388 g/mol. The van der Waals surface area contributed by atoms with E-state index < -0.39 is 15.7 Å². The number of allylic oxidation sites excluding steroid dienone is 2. The second-order valence-electron chi connectivity index (χ2n) is 6.51. The highest BCUT2D eigenvalue weighted by molar-refractivity contribution is 7.90. The Bertz CT molecular complexity index is 1050. The standard InChI is InChI=1S/C21H21FO4S/c1-13-16(8-9-23)19-12-21(26-2)20(22)11-18(19)17(13)10-14-4-6-15(7-5-14)27(3,24)25/h4-7,10-12,23H,8-9H2,1-3H3. The Labute approximate surface area is 158 Å². The van der Waals surface area contributed by atoms with E-state index in [4.69, 9.17) is 4.74 Å². The Morgan fingerprint density at radius 1 is 1.15 bits per heavy atom. The van der Waals surface area contributed by atoms with E-state index in [0.717, 1.165) is 39.7 Å². The lowest BCUT2D eigenvalue weighted by atomic mass is 10.00. The van der Waals surface area contributed by atoms with Gasteiger partial charge in [-0.3, -0.25) is 0 Å². The van der Waals surface area contributed by atoms with Gasteiger partial charge in [0, 0.05) is 12.9 Å². The van der Waals surface area contributed by atoms with Crippen molar-refractivity contribution in [1.29, 1.82) is 0 Å². The fraction of sp³-hybridized carbons (Fsp3) is 0.238. The van der Waals surface area contributed by atoms with Gasteiger partial charge in [-0.2, -0.15) is 0 Å². The molecular formula is C21H21FO4S. The van der Waals surface area contributed by atoms with E-state index >= 15 is 0 Å². The van der Waals surface area contributed by atoms with Crippen molar-refractivity contribution in [1.82, 2.24) is 0 Å². The smallest absolute Gasteiger partial charge is 0.175 e. The summed E-state index contributed by atoms with van der Waals surface area (Å²) >= 11 is 0. The van der Waals surface area contributed by atoms with Gasteiger partial charge in [-0.15, -0.1) is 0 Å². The maximum atomic E-state index is 14.3. The number of aliphatic hydroxyl groups excluding tert-OH is 1. The highest BCUT2D eigenvalue weighted by atomic mass is 32.2.